The third kappa shape index (κ3) is 2.07. The summed E-state index contributed by atoms with van der Waals surface area (Å²) in [5.74, 6) is 0. The van der Waals surface area contributed by atoms with Gasteiger partial charge >= 0.3 is 0 Å². The molecule has 0 spiro atoms. The molecule has 0 atom stereocenters. The third-order valence-corrected chi connectivity index (χ3v) is 3.78. The van der Waals surface area contributed by atoms with Crippen molar-refractivity contribution in [2.45, 2.75) is 20.4 Å². The second-order valence-corrected chi connectivity index (χ2v) is 4.90. The molecule has 0 N–H and O–H groups in total. The van der Waals surface area contributed by atoms with Crippen LogP contribution in [0.2, 0.25) is 0 Å². The minimum absolute atomic E-state index is 0.960. The van der Waals surface area contributed by atoms with Crippen LogP contribution in [0.3, 0.4) is 0 Å². The molecular formula is C18H20N2. The predicted molar refractivity (Wildman–Crippen MR) is 86.7 cm³/mol. The maximum atomic E-state index is 2.37. The molecule has 0 aliphatic rings. The second kappa shape index (κ2) is 5.41. The molecule has 0 unspecified atom stereocenters. The number of rotatable bonds is 4. The summed E-state index contributed by atoms with van der Waals surface area (Å²) in [5, 5.41) is 1.32. The minimum Gasteiger partial charge on any atom is -0.346 e. The number of aromatic nitrogens is 1. The average molecular weight is 264 g/mol. The Kier molecular flexibility index (Phi) is 3.46. The van der Waals surface area contributed by atoms with Crippen LogP contribution >= 0.6 is 0 Å². The van der Waals surface area contributed by atoms with Crippen LogP contribution in [0.5, 0.6) is 0 Å². The van der Waals surface area contributed by atoms with Gasteiger partial charge in [-0.15, -0.1) is 0 Å². The molecule has 1 heterocycles. The summed E-state index contributed by atoms with van der Waals surface area (Å²) in [7, 11) is 0. The molecule has 0 bridgehead atoms. The molecule has 2 heteroatoms. The summed E-state index contributed by atoms with van der Waals surface area (Å²) in [6.07, 6.45) is 2.27. The highest BCUT2D eigenvalue weighted by atomic mass is 15.2. The molecule has 0 amide bonds. The quantitative estimate of drug-likeness (QED) is 0.656. The first-order chi connectivity index (χ1) is 9.85. The lowest BCUT2D eigenvalue weighted by Gasteiger charge is -2.22. The fraction of sp³-hybridized carbons (Fsp3) is 0.222. The summed E-state index contributed by atoms with van der Waals surface area (Å²) in [6, 6.07) is 19.2. The van der Waals surface area contributed by atoms with Crippen LogP contribution in [0, 0.1) is 0 Å². The normalized spacial score (nSPS) is 10.9. The van der Waals surface area contributed by atoms with Crippen molar-refractivity contribution >= 4 is 22.3 Å². The summed E-state index contributed by atoms with van der Waals surface area (Å²) in [5.41, 5.74) is 3.84. The van der Waals surface area contributed by atoms with E-state index in [4.69, 9.17) is 0 Å². The Morgan fingerprint density at radius 1 is 0.900 bits per heavy atom. The van der Waals surface area contributed by atoms with Crippen molar-refractivity contribution in [2.75, 3.05) is 11.4 Å². The molecule has 2 nitrogen and oxygen atoms in total. The third-order valence-electron chi connectivity index (χ3n) is 3.78. The minimum atomic E-state index is 0.960. The van der Waals surface area contributed by atoms with Gasteiger partial charge < -0.3 is 9.47 Å². The zero-order valence-corrected chi connectivity index (χ0v) is 12.1. The van der Waals surface area contributed by atoms with E-state index in [0.29, 0.717) is 0 Å². The SMILES string of the molecule is CCN(c1ccccc1)c1cn(CC)c2ccccc12. The maximum Gasteiger partial charge on any atom is 0.0670 e. The van der Waals surface area contributed by atoms with Crippen molar-refractivity contribution in [1.29, 1.82) is 0 Å². The lowest BCUT2D eigenvalue weighted by molar-refractivity contribution is 0.796. The first-order valence-electron chi connectivity index (χ1n) is 7.25. The first-order valence-corrected chi connectivity index (χ1v) is 7.25. The number of anilines is 2. The number of aryl methyl sites for hydroxylation is 1. The lowest BCUT2D eigenvalue weighted by Crippen LogP contribution is -2.15. The molecule has 20 heavy (non-hydrogen) atoms. The lowest BCUT2D eigenvalue weighted by atomic mass is 10.2. The Morgan fingerprint density at radius 3 is 2.30 bits per heavy atom. The maximum absolute atomic E-state index is 2.37. The van der Waals surface area contributed by atoms with Gasteiger partial charge in [0.25, 0.3) is 0 Å². The van der Waals surface area contributed by atoms with Gasteiger partial charge in [0, 0.05) is 30.4 Å². The van der Waals surface area contributed by atoms with Crippen LogP contribution in [0.25, 0.3) is 10.9 Å². The van der Waals surface area contributed by atoms with Crippen LogP contribution < -0.4 is 4.90 Å². The van der Waals surface area contributed by atoms with E-state index in [0.717, 1.165) is 13.1 Å². The van der Waals surface area contributed by atoms with E-state index < -0.39 is 0 Å². The van der Waals surface area contributed by atoms with Crippen molar-refractivity contribution < 1.29 is 0 Å². The van der Waals surface area contributed by atoms with Gasteiger partial charge in [-0.2, -0.15) is 0 Å². The van der Waals surface area contributed by atoms with Gasteiger partial charge in [-0.3, -0.25) is 0 Å². The van der Waals surface area contributed by atoms with E-state index in [1.165, 1.54) is 22.3 Å². The number of hydrogen-bond acceptors (Lipinski definition) is 1. The topological polar surface area (TPSA) is 8.17 Å². The highest BCUT2D eigenvalue weighted by Gasteiger charge is 2.13. The van der Waals surface area contributed by atoms with Crippen molar-refractivity contribution in [3.63, 3.8) is 0 Å². The summed E-state index contributed by atoms with van der Waals surface area (Å²) in [6.45, 7) is 6.34. The first kappa shape index (κ1) is 12.8. The largest absolute Gasteiger partial charge is 0.346 e. The van der Waals surface area contributed by atoms with E-state index in [-0.39, 0.29) is 0 Å². The Bertz CT molecular complexity index is 698. The van der Waals surface area contributed by atoms with Gasteiger partial charge in [-0.25, -0.2) is 0 Å². The van der Waals surface area contributed by atoms with Crippen molar-refractivity contribution in [1.82, 2.24) is 4.57 Å². The van der Waals surface area contributed by atoms with Gasteiger partial charge in [-0.1, -0.05) is 36.4 Å². The monoisotopic (exact) mass is 264 g/mol. The van der Waals surface area contributed by atoms with Crippen molar-refractivity contribution in [3.05, 3.63) is 60.8 Å². The predicted octanol–water partition coefficient (Wildman–Crippen LogP) is 4.82. The smallest absolute Gasteiger partial charge is 0.0670 e. The Balaban J connectivity index is 2.18. The molecule has 0 aliphatic carbocycles. The van der Waals surface area contributed by atoms with Crippen molar-refractivity contribution in [3.8, 4) is 0 Å². The van der Waals surface area contributed by atoms with Crippen LogP contribution in [-0.4, -0.2) is 11.1 Å². The fourth-order valence-electron chi connectivity index (χ4n) is 2.80. The van der Waals surface area contributed by atoms with E-state index in [2.05, 4.69) is 84.1 Å². The molecule has 0 saturated carbocycles. The highest BCUT2D eigenvalue weighted by molar-refractivity contribution is 5.95. The molecule has 3 aromatic rings. The molecule has 0 aliphatic heterocycles. The number of benzene rings is 2. The number of fused-ring (bicyclic) bond motifs is 1. The molecular weight excluding hydrogens is 244 g/mol. The Morgan fingerprint density at radius 2 is 1.60 bits per heavy atom. The van der Waals surface area contributed by atoms with Gasteiger partial charge in [0.2, 0.25) is 0 Å². The number of para-hydroxylation sites is 2. The zero-order valence-electron chi connectivity index (χ0n) is 12.1. The number of hydrogen-bond donors (Lipinski definition) is 0. The molecule has 0 fully saturated rings. The molecule has 102 valence electrons. The van der Waals surface area contributed by atoms with Crippen LogP contribution in [0.15, 0.2) is 60.8 Å². The molecule has 3 rings (SSSR count). The number of nitrogens with zero attached hydrogens (tertiary/aromatic N) is 2. The standard InChI is InChI=1S/C18H20N2/c1-3-19-14-18(16-12-8-9-13-17(16)19)20(4-2)15-10-6-5-7-11-15/h5-14H,3-4H2,1-2H3. The average Bonchev–Trinajstić information content (AvgIpc) is 2.88. The van der Waals surface area contributed by atoms with Crippen LogP contribution in [-0.2, 0) is 6.54 Å². The Hall–Kier alpha value is -2.22. The molecule has 2 aromatic carbocycles. The second-order valence-electron chi connectivity index (χ2n) is 4.90. The molecule has 1 aromatic heterocycles. The van der Waals surface area contributed by atoms with E-state index in [1.807, 2.05) is 0 Å². The van der Waals surface area contributed by atoms with Crippen molar-refractivity contribution in [2.24, 2.45) is 0 Å². The molecule has 0 saturated heterocycles. The van der Waals surface area contributed by atoms with Crippen LogP contribution in [0.1, 0.15) is 13.8 Å². The van der Waals surface area contributed by atoms with Gasteiger partial charge in [0.05, 0.1) is 11.2 Å². The van der Waals surface area contributed by atoms with Gasteiger partial charge in [-0.05, 0) is 32.0 Å². The van der Waals surface area contributed by atoms with Gasteiger partial charge in [0.1, 0.15) is 0 Å². The van der Waals surface area contributed by atoms with Gasteiger partial charge in [0.15, 0.2) is 0 Å². The molecule has 0 radical (unpaired) electrons. The van der Waals surface area contributed by atoms with E-state index >= 15 is 0 Å². The zero-order chi connectivity index (χ0) is 13.9. The Labute approximate surface area is 120 Å². The van der Waals surface area contributed by atoms with E-state index in [1.54, 1.807) is 0 Å². The van der Waals surface area contributed by atoms with E-state index in [9.17, 15) is 0 Å². The summed E-state index contributed by atoms with van der Waals surface area (Å²) < 4.78 is 2.32. The van der Waals surface area contributed by atoms with Crippen LogP contribution in [0.4, 0.5) is 11.4 Å². The highest BCUT2D eigenvalue weighted by Crippen LogP contribution is 2.33. The fourth-order valence-corrected chi connectivity index (χ4v) is 2.80. The summed E-state index contributed by atoms with van der Waals surface area (Å²) in [4.78, 5) is 2.37. The summed E-state index contributed by atoms with van der Waals surface area (Å²) >= 11 is 0.